The standard InChI is InChI=1S/C42H74O4/c1-3-5-7-9-10-11-12-13-14-15-16-17-18-19-20-25-28-31-35-39-42(45)46-40(36-32-8-6-4-2)37-33-29-26-23-21-22-24-27-30-34-38-41(43)44/h10-11,13-14,16-17,19-20,40H,3-9,12,15,18,21-39H2,1-2H3,(H,43,44)/b11-10-,14-13-,17-16-,20-19-. The van der Waals surface area contributed by atoms with Gasteiger partial charge in [-0.3, -0.25) is 9.59 Å². The van der Waals surface area contributed by atoms with E-state index in [0.717, 1.165) is 89.9 Å². The molecule has 1 N–H and O–H groups in total. The molecule has 0 radical (unpaired) electrons. The first-order valence-corrected chi connectivity index (χ1v) is 19.6. The van der Waals surface area contributed by atoms with E-state index in [1.54, 1.807) is 0 Å². The van der Waals surface area contributed by atoms with E-state index in [1.165, 1.54) is 83.5 Å². The summed E-state index contributed by atoms with van der Waals surface area (Å²) in [5.41, 5.74) is 0. The highest BCUT2D eigenvalue weighted by atomic mass is 16.5. The average Bonchev–Trinajstić information content (AvgIpc) is 3.04. The summed E-state index contributed by atoms with van der Waals surface area (Å²) in [5.74, 6) is -0.677. The van der Waals surface area contributed by atoms with E-state index in [2.05, 4.69) is 62.5 Å². The normalized spacial score (nSPS) is 12.7. The van der Waals surface area contributed by atoms with Crippen molar-refractivity contribution < 1.29 is 19.4 Å². The highest BCUT2D eigenvalue weighted by Gasteiger charge is 2.14. The molecule has 4 nitrogen and oxygen atoms in total. The van der Waals surface area contributed by atoms with E-state index in [4.69, 9.17) is 9.84 Å². The molecule has 0 saturated carbocycles. The van der Waals surface area contributed by atoms with Crippen molar-refractivity contribution in [2.24, 2.45) is 0 Å². The lowest BCUT2D eigenvalue weighted by Gasteiger charge is -2.18. The van der Waals surface area contributed by atoms with Crippen LogP contribution < -0.4 is 0 Å². The van der Waals surface area contributed by atoms with Gasteiger partial charge in [0.1, 0.15) is 6.10 Å². The Balaban J connectivity index is 3.90. The molecule has 0 spiro atoms. The third kappa shape index (κ3) is 36.4. The summed E-state index contributed by atoms with van der Waals surface area (Å²) in [7, 11) is 0. The van der Waals surface area contributed by atoms with Gasteiger partial charge in [0.15, 0.2) is 0 Å². The van der Waals surface area contributed by atoms with Crippen molar-refractivity contribution in [1.29, 1.82) is 0 Å². The first-order chi connectivity index (χ1) is 22.6. The van der Waals surface area contributed by atoms with E-state index in [1.807, 2.05) is 0 Å². The van der Waals surface area contributed by atoms with E-state index in [9.17, 15) is 9.59 Å². The zero-order valence-corrected chi connectivity index (χ0v) is 30.4. The number of carbonyl (C=O) groups excluding carboxylic acids is 1. The van der Waals surface area contributed by atoms with Crippen LogP contribution in [-0.4, -0.2) is 23.1 Å². The zero-order chi connectivity index (χ0) is 33.6. The Bertz CT molecular complexity index is 779. The molecule has 46 heavy (non-hydrogen) atoms. The molecule has 0 saturated heterocycles. The van der Waals surface area contributed by atoms with Crippen molar-refractivity contribution >= 4 is 11.9 Å². The molecule has 1 atom stereocenters. The number of aliphatic carboxylic acids is 1. The topological polar surface area (TPSA) is 63.6 Å². The third-order valence-corrected chi connectivity index (χ3v) is 8.55. The Labute approximate surface area is 285 Å². The van der Waals surface area contributed by atoms with Crippen LogP contribution in [0.2, 0.25) is 0 Å². The first kappa shape index (κ1) is 43.9. The molecule has 0 aromatic heterocycles. The van der Waals surface area contributed by atoms with Gasteiger partial charge < -0.3 is 9.84 Å². The van der Waals surface area contributed by atoms with Gasteiger partial charge in [0, 0.05) is 12.8 Å². The molecule has 0 rings (SSSR count). The summed E-state index contributed by atoms with van der Waals surface area (Å²) in [5, 5.41) is 8.70. The molecule has 0 aromatic carbocycles. The van der Waals surface area contributed by atoms with Gasteiger partial charge in [0.25, 0.3) is 0 Å². The maximum atomic E-state index is 12.6. The molecule has 0 aliphatic heterocycles. The number of unbranched alkanes of at least 4 members (excludes halogenated alkanes) is 18. The molecule has 0 aliphatic rings. The molecule has 0 heterocycles. The van der Waals surface area contributed by atoms with E-state index >= 15 is 0 Å². The predicted molar refractivity (Wildman–Crippen MR) is 199 cm³/mol. The van der Waals surface area contributed by atoms with E-state index in [0.29, 0.717) is 12.8 Å². The van der Waals surface area contributed by atoms with Crippen LogP contribution in [0.1, 0.15) is 200 Å². The summed E-state index contributed by atoms with van der Waals surface area (Å²) in [4.78, 5) is 23.1. The number of carbonyl (C=O) groups is 2. The van der Waals surface area contributed by atoms with Gasteiger partial charge in [-0.2, -0.15) is 0 Å². The fourth-order valence-corrected chi connectivity index (χ4v) is 5.64. The number of hydrogen-bond acceptors (Lipinski definition) is 3. The first-order valence-electron chi connectivity index (χ1n) is 19.6. The van der Waals surface area contributed by atoms with Crippen LogP contribution in [0.25, 0.3) is 0 Å². The van der Waals surface area contributed by atoms with Gasteiger partial charge in [-0.1, -0.05) is 152 Å². The second-order valence-corrected chi connectivity index (χ2v) is 13.1. The predicted octanol–water partition coefficient (Wildman–Crippen LogP) is 13.6. The highest BCUT2D eigenvalue weighted by Crippen LogP contribution is 2.18. The quantitative estimate of drug-likeness (QED) is 0.0424. The van der Waals surface area contributed by atoms with Crippen LogP contribution in [0.5, 0.6) is 0 Å². The lowest BCUT2D eigenvalue weighted by atomic mass is 10.0. The number of rotatable bonds is 35. The molecule has 0 aromatic rings. The minimum absolute atomic E-state index is 0.00145. The summed E-state index contributed by atoms with van der Waals surface area (Å²) in [6.07, 6.45) is 50.1. The monoisotopic (exact) mass is 643 g/mol. The third-order valence-electron chi connectivity index (χ3n) is 8.55. The SMILES string of the molecule is CCCCC/C=C\C/C=C\C/C=C\C/C=C\CCCCCC(=O)OC(CCCCCC)CCCCCCCCCCCCC(=O)O. The fraction of sp³-hybridized carbons (Fsp3) is 0.762. The van der Waals surface area contributed by atoms with Crippen molar-refractivity contribution in [2.45, 2.75) is 206 Å². The lowest BCUT2D eigenvalue weighted by Crippen LogP contribution is -2.18. The van der Waals surface area contributed by atoms with Gasteiger partial charge in [0.2, 0.25) is 0 Å². The maximum Gasteiger partial charge on any atom is 0.306 e. The minimum Gasteiger partial charge on any atom is -0.481 e. The highest BCUT2D eigenvalue weighted by molar-refractivity contribution is 5.69. The average molecular weight is 643 g/mol. The van der Waals surface area contributed by atoms with E-state index in [-0.39, 0.29) is 12.1 Å². The number of ether oxygens (including phenoxy) is 1. The molecular formula is C42H74O4. The molecule has 0 aliphatic carbocycles. The molecular weight excluding hydrogens is 568 g/mol. The Morgan fingerprint density at radius 3 is 1.35 bits per heavy atom. The number of allylic oxidation sites excluding steroid dienone is 8. The lowest BCUT2D eigenvalue weighted by molar-refractivity contribution is -0.150. The number of carboxylic acids is 1. The van der Waals surface area contributed by atoms with Gasteiger partial charge in [0.05, 0.1) is 0 Å². The molecule has 266 valence electrons. The van der Waals surface area contributed by atoms with Crippen molar-refractivity contribution in [2.75, 3.05) is 0 Å². The maximum absolute atomic E-state index is 12.6. The number of carboxylic acid groups (broad SMARTS) is 1. The van der Waals surface area contributed by atoms with Crippen molar-refractivity contribution in [3.8, 4) is 0 Å². The summed E-state index contributed by atoms with van der Waals surface area (Å²) in [6, 6.07) is 0. The molecule has 1 unspecified atom stereocenters. The second-order valence-electron chi connectivity index (χ2n) is 13.1. The summed E-state index contributed by atoms with van der Waals surface area (Å²) in [6.45, 7) is 4.48. The minimum atomic E-state index is -0.678. The van der Waals surface area contributed by atoms with Crippen LogP contribution >= 0.6 is 0 Å². The molecule has 0 amide bonds. The van der Waals surface area contributed by atoms with Crippen LogP contribution in [0, 0.1) is 0 Å². The van der Waals surface area contributed by atoms with Crippen LogP contribution in [0.15, 0.2) is 48.6 Å². The molecule has 0 bridgehead atoms. The Morgan fingerprint density at radius 1 is 0.478 bits per heavy atom. The summed E-state index contributed by atoms with van der Waals surface area (Å²) >= 11 is 0. The van der Waals surface area contributed by atoms with Gasteiger partial charge in [-0.15, -0.1) is 0 Å². The van der Waals surface area contributed by atoms with Crippen molar-refractivity contribution in [1.82, 2.24) is 0 Å². The summed E-state index contributed by atoms with van der Waals surface area (Å²) < 4.78 is 5.97. The van der Waals surface area contributed by atoms with Gasteiger partial charge in [-0.25, -0.2) is 0 Å². The van der Waals surface area contributed by atoms with E-state index < -0.39 is 5.97 Å². The smallest absolute Gasteiger partial charge is 0.306 e. The van der Waals surface area contributed by atoms with Crippen molar-refractivity contribution in [3.05, 3.63) is 48.6 Å². The van der Waals surface area contributed by atoms with Crippen molar-refractivity contribution in [3.63, 3.8) is 0 Å². The molecule has 4 heteroatoms. The number of hydrogen-bond donors (Lipinski definition) is 1. The van der Waals surface area contributed by atoms with Crippen LogP contribution in [0.3, 0.4) is 0 Å². The largest absolute Gasteiger partial charge is 0.481 e. The van der Waals surface area contributed by atoms with Crippen LogP contribution in [-0.2, 0) is 14.3 Å². The van der Waals surface area contributed by atoms with Gasteiger partial charge >= 0.3 is 11.9 Å². The Hall–Kier alpha value is -2.10. The Kier molecular flexibility index (Phi) is 35.7. The number of esters is 1. The van der Waals surface area contributed by atoms with Gasteiger partial charge in [-0.05, 0) is 83.5 Å². The fourth-order valence-electron chi connectivity index (χ4n) is 5.64. The van der Waals surface area contributed by atoms with Crippen LogP contribution in [0.4, 0.5) is 0 Å². The second kappa shape index (κ2) is 37.4. The Morgan fingerprint density at radius 2 is 0.848 bits per heavy atom. The zero-order valence-electron chi connectivity index (χ0n) is 30.4. The molecule has 0 fully saturated rings.